The van der Waals surface area contributed by atoms with Gasteiger partial charge in [0.15, 0.2) is 0 Å². The predicted octanol–water partition coefficient (Wildman–Crippen LogP) is 3.02. The summed E-state index contributed by atoms with van der Waals surface area (Å²) in [5.41, 5.74) is 3.76. The maximum Gasteiger partial charge on any atom is 0.258 e. The number of nitrogens with one attached hydrogen (secondary N) is 1. The van der Waals surface area contributed by atoms with Crippen LogP contribution in [0, 0.1) is 0 Å². The lowest BCUT2D eigenvalue weighted by molar-refractivity contribution is -0.128. The normalized spacial score (nSPS) is 18.9. The van der Waals surface area contributed by atoms with E-state index in [4.69, 9.17) is 4.74 Å². The first kappa shape index (κ1) is 22.8. The number of H-pyrrole nitrogens is 1. The third-order valence-electron chi connectivity index (χ3n) is 7.66. The van der Waals surface area contributed by atoms with Crippen LogP contribution in [-0.4, -0.2) is 74.6 Å². The van der Waals surface area contributed by atoms with Gasteiger partial charge in [-0.3, -0.25) is 14.7 Å². The summed E-state index contributed by atoms with van der Waals surface area (Å²) in [6, 6.07) is 9.32. The molecule has 3 aromatic rings. The maximum atomic E-state index is 13.5. The lowest BCUT2D eigenvalue weighted by atomic mass is 10.1. The van der Waals surface area contributed by atoms with Crippen LogP contribution in [0.3, 0.4) is 0 Å². The van der Waals surface area contributed by atoms with E-state index in [1.165, 1.54) is 0 Å². The number of carbonyl (C=O) groups is 2. The van der Waals surface area contributed by atoms with Gasteiger partial charge in [-0.05, 0) is 55.6 Å². The number of fused-ring (bicyclic) bond motifs is 2. The lowest BCUT2D eigenvalue weighted by Crippen LogP contribution is -2.35. The smallest absolute Gasteiger partial charge is 0.258 e. The number of rotatable bonds is 5. The molecule has 2 N–H and O–H groups in total. The highest BCUT2D eigenvalue weighted by molar-refractivity contribution is 6.01. The second-order valence-corrected chi connectivity index (χ2v) is 10.2. The van der Waals surface area contributed by atoms with Gasteiger partial charge in [-0.25, -0.2) is 0 Å². The molecule has 2 fully saturated rings. The summed E-state index contributed by atoms with van der Waals surface area (Å²) in [5.74, 6) is 0.659. The number of benzene rings is 2. The number of ether oxygens (including phenoxy) is 1. The third kappa shape index (κ3) is 4.28. The molecule has 0 saturated carbocycles. The van der Waals surface area contributed by atoms with Gasteiger partial charge in [0.2, 0.25) is 5.91 Å². The fraction of sp³-hybridized carbons (Fsp3) is 0.444. The van der Waals surface area contributed by atoms with E-state index in [9.17, 15) is 14.7 Å². The number of likely N-dealkylation sites (tertiary alicyclic amines) is 2. The van der Waals surface area contributed by atoms with E-state index in [1.807, 2.05) is 18.2 Å². The van der Waals surface area contributed by atoms with Gasteiger partial charge in [-0.15, -0.1) is 0 Å². The Hall–Kier alpha value is -3.59. The Morgan fingerprint density at radius 3 is 2.72 bits per heavy atom. The Morgan fingerprint density at radius 2 is 1.94 bits per heavy atom. The van der Waals surface area contributed by atoms with Gasteiger partial charge in [-0.2, -0.15) is 5.10 Å². The molecule has 6 rings (SSSR count). The number of hydrogen-bond donors (Lipinski definition) is 2. The van der Waals surface area contributed by atoms with Crippen molar-refractivity contribution in [1.82, 2.24) is 24.9 Å². The predicted molar refractivity (Wildman–Crippen MR) is 134 cm³/mol. The molecule has 0 bridgehead atoms. The van der Waals surface area contributed by atoms with Crippen LogP contribution < -0.4 is 4.74 Å². The number of piperidine rings is 1. The second kappa shape index (κ2) is 9.13. The zero-order chi connectivity index (χ0) is 24.8. The molecule has 1 aromatic heterocycles. The summed E-state index contributed by atoms with van der Waals surface area (Å²) in [6.45, 7) is 4.15. The van der Waals surface area contributed by atoms with E-state index in [1.54, 1.807) is 21.9 Å². The zero-order valence-electron chi connectivity index (χ0n) is 20.5. The average molecular weight is 490 g/mol. The minimum atomic E-state index is -0.229. The van der Waals surface area contributed by atoms with Crippen LogP contribution in [-0.2, 0) is 24.4 Å². The molecular formula is C27H31N5O4. The van der Waals surface area contributed by atoms with Crippen molar-refractivity contribution in [3.05, 3.63) is 52.7 Å². The lowest BCUT2D eigenvalue weighted by Gasteiger charge is -2.29. The number of aromatic amines is 1. The van der Waals surface area contributed by atoms with E-state index < -0.39 is 0 Å². The summed E-state index contributed by atoms with van der Waals surface area (Å²) in [7, 11) is 2.13. The number of hydrogen-bond acceptors (Lipinski definition) is 6. The minimum absolute atomic E-state index is 0.0813. The Bertz CT molecular complexity index is 1330. The summed E-state index contributed by atoms with van der Waals surface area (Å²) in [6.07, 6.45) is 3.67. The Kier molecular flexibility index (Phi) is 5.79. The Labute approximate surface area is 209 Å². The highest BCUT2D eigenvalue weighted by atomic mass is 16.5. The van der Waals surface area contributed by atoms with Gasteiger partial charge < -0.3 is 24.5 Å². The number of phenols is 1. The van der Waals surface area contributed by atoms with Gasteiger partial charge >= 0.3 is 0 Å². The van der Waals surface area contributed by atoms with Crippen molar-refractivity contribution in [2.45, 2.75) is 51.4 Å². The topological polar surface area (TPSA) is 102 Å². The second-order valence-electron chi connectivity index (χ2n) is 10.2. The number of amides is 2. The van der Waals surface area contributed by atoms with Crippen LogP contribution in [0.1, 0.15) is 52.9 Å². The van der Waals surface area contributed by atoms with E-state index in [0.29, 0.717) is 43.8 Å². The van der Waals surface area contributed by atoms with Crippen LogP contribution in [0.2, 0.25) is 0 Å². The molecule has 188 valence electrons. The van der Waals surface area contributed by atoms with Crippen molar-refractivity contribution in [3.63, 3.8) is 0 Å². The quantitative estimate of drug-likeness (QED) is 0.571. The average Bonchev–Trinajstić information content (AvgIpc) is 3.58. The molecule has 3 aliphatic heterocycles. The molecule has 2 amide bonds. The molecule has 9 heteroatoms. The highest BCUT2D eigenvalue weighted by Gasteiger charge is 2.28. The number of nitrogens with zero attached hydrogens (tertiary/aromatic N) is 4. The van der Waals surface area contributed by atoms with Crippen LogP contribution in [0.25, 0.3) is 10.9 Å². The van der Waals surface area contributed by atoms with Crippen molar-refractivity contribution >= 4 is 22.7 Å². The molecule has 9 nitrogen and oxygen atoms in total. The first-order valence-electron chi connectivity index (χ1n) is 12.7. The van der Waals surface area contributed by atoms with Gasteiger partial charge in [-0.1, -0.05) is 6.07 Å². The number of aromatic hydroxyl groups is 1. The Morgan fingerprint density at radius 1 is 1.14 bits per heavy atom. The monoisotopic (exact) mass is 489 g/mol. The molecule has 2 saturated heterocycles. The summed E-state index contributed by atoms with van der Waals surface area (Å²) in [4.78, 5) is 31.4. The van der Waals surface area contributed by atoms with Gasteiger partial charge in [0.25, 0.3) is 5.91 Å². The van der Waals surface area contributed by atoms with Gasteiger partial charge in [0, 0.05) is 50.6 Å². The van der Waals surface area contributed by atoms with Gasteiger partial charge in [0.1, 0.15) is 17.6 Å². The molecule has 2 aromatic carbocycles. The number of carbonyl (C=O) groups excluding carboxylic acids is 2. The van der Waals surface area contributed by atoms with Crippen molar-refractivity contribution in [3.8, 4) is 11.5 Å². The third-order valence-corrected chi connectivity index (χ3v) is 7.66. The molecule has 0 radical (unpaired) electrons. The number of phenolic OH excluding ortho intramolecular Hbond substituents is 1. The van der Waals surface area contributed by atoms with E-state index in [0.717, 1.165) is 54.6 Å². The summed E-state index contributed by atoms with van der Waals surface area (Å²) in [5, 5.41) is 18.7. The fourth-order valence-electron chi connectivity index (χ4n) is 5.50. The van der Waals surface area contributed by atoms with E-state index >= 15 is 0 Å². The van der Waals surface area contributed by atoms with Crippen LogP contribution in [0.5, 0.6) is 11.5 Å². The molecular weight excluding hydrogens is 458 g/mol. The van der Waals surface area contributed by atoms with Crippen LogP contribution >= 0.6 is 0 Å². The zero-order valence-corrected chi connectivity index (χ0v) is 20.5. The van der Waals surface area contributed by atoms with Gasteiger partial charge in [0.05, 0.1) is 23.3 Å². The van der Waals surface area contributed by atoms with Crippen LogP contribution in [0.15, 0.2) is 30.3 Å². The largest absolute Gasteiger partial charge is 0.507 e. The Balaban J connectivity index is 1.19. The number of aromatic nitrogens is 2. The summed E-state index contributed by atoms with van der Waals surface area (Å²) >= 11 is 0. The first-order chi connectivity index (χ1) is 17.4. The first-order valence-corrected chi connectivity index (χ1v) is 12.7. The van der Waals surface area contributed by atoms with Crippen molar-refractivity contribution in [1.29, 1.82) is 0 Å². The molecule has 3 aliphatic rings. The minimum Gasteiger partial charge on any atom is -0.507 e. The molecule has 4 heterocycles. The fourth-order valence-corrected chi connectivity index (χ4v) is 5.50. The maximum absolute atomic E-state index is 13.5. The molecule has 0 unspecified atom stereocenters. The standard InChI is InChI=1S/C27H31N5O4/c1-30-9-6-19(7-10-30)36-20-5-4-17-14-32(15-18(17)11-20)27(35)22-12-21-23(13-25(22)33)28-29-24(21)16-31-8-2-3-26(31)34/h4-5,11-13,19,33H,2-3,6-10,14-16H2,1H3,(H,28,29). The highest BCUT2D eigenvalue weighted by Crippen LogP contribution is 2.33. The van der Waals surface area contributed by atoms with Crippen molar-refractivity contribution < 1.29 is 19.4 Å². The van der Waals surface area contributed by atoms with Crippen molar-refractivity contribution in [2.75, 3.05) is 26.7 Å². The SMILES string of the molecule is CN1CCC(Oc2ccc3c(c2)CN(C(=O)c2cc4c(CN5CCCC5=O)n[nH]c4cc2O)C3)CC1. The molecule has 0 atom stereocenters. The summed E-state index contributed by atoms with van der Waals surface area (Å²) < 4.78 is 6.23. The van der Waals surface area contributed by atoms with E-state index in [2.05, 4.69) is 22.1 Å². The van der Waals surface area contributed by atoms with Crippen molar-refractivity contribution in [2.24, 2.45) is 0 Å². The molecule has 0 spiro atoms. The molecule has 0 aliphatic carbocycles. The van der Waals surface area contributed by atoms with Crippen LogP contribution in [0.4, 0.5) is 0 Å². The molecule has 36 heavy (non-hydrogen) atoms. The van der Waals surface area contributed by atoms with E-state index in [-0.39, 0.29) is 29.2 Å².